The molecule has 8 heteroatoms. The fourth-order valence-electron chi connectivity index (χ4n) is 2.92. The highest BCUT2D eigenvalue weighted by Gasteiger charge is 2.27. The summed E-state index contributed by atoms with van der Waals surface area (Å²) in [6.07, 6.45) is 0. The maximum Gasteiger partial charge on any atom is 0.244 e. The molecule has 0 aromatic heterocycles. The van der Waals surface area contributed by atoms with Gasteiger partial charge in [0.2, 0.25) is 10.0 Å². The molecule has 1 heterocycles. The van der Waals surface area contributed by atoms with E-state index in [1.54, 1.807) is 6.07 Å². The lowest BCUT2D eigenvalue weighted by atomic mass is 10.1. The third-order valence-electron chi connectivity index (χ3n) is 4.23. The van der Waals surface area contributed by atoms with Gasteiger partial charge in [-0.3, -0.25) is 4.90 Å². The average molecular weight is 415 g/mol. The smallest absolute Gasteiger partial charge is 0.244 e. The fourth-order valence-corrected chi connectivity index (χ4v) is 5.28. The number of rotatable bonds is 6. The lowest BCUT2D eigenvalue weighted by Gasteiger charge is -2.31. The van der Waals surface area contributed by atoms with Crippen LogP contribution in [0.2, 0.25) is 10.0 Å². The number of hydrogen-bond donors (Lipinski definition) is 1. The van der Waals surface area contributed by atoms with E-state index in [-0.39, 0.29) is 14.9 Å². The first-order valence-electron chi connectivity index (χ1n) is 8.29. The Labute approximate surface area is 163 Å². The van der Waals surface area contributed by atoms with Crippen LogP contribution in [0.5, 0.6) is 0 Å². The van der Waals surface area contributed by atoms with Crippen molar-refractivity contribution >= 4 is 33.2 Å². The summed E-state index contributed by atoms with van der Waals surface area (Å²) in [5.74, 6) is 0. The third kappa shape index (κ3) is 4.76. The van der Waals surface area contributed by atoms with E-state index in [0.717, 1.165) is 18.7 Å². The van der Waals surface area contributed by atoms with Crippen LogP contribution in [0.15, 0.2) is 53.4 Å². The molecule has 0 aliphatic carbocycles. The quantitative estimate of drug-likeness (QED) is 0.786. The lowest BCUT2D eigenvalue weighted by molar-refractivity contribution is 0.0345. The minimum Gasteiger partial charge on any atom is -0.379 e. The molecule has 1 saturated heterocycles. The van der Waals surface area contributed by atoms with E-state index in [2.05, 4.69) is 9.62 Å². The van der Waals surface area contributed by atoms with Crippen molar-refractivity contribution in [3.63, 3.8) is 0 Å². The number of nitrogens with zero attached hydrogens (tertiary/aromatic N) is 1. The molecule has 1 fully saturated rings. The van der Waals surface area contributed by atoms with E-state index in [4.69, 9.17) is 27.9 Å². The molecule has 3 rings (SSSR count). The van der Waals surface area contributed by atoms with Gasteiger partial charge in [-0.05, 0) is 17.7 Å². The number of halogens is 2. The second-order valence-electron chi connectivity index (χ2n) is 6.05. The molecular formula is C18H20Cl2N2O3S. The Kier molecular flexibility index (Phi) is 6.55. The highest BCUT2D eigenvalue weighted by atomic mass is 35.5. The zero-order valence-corrected chi connectivity index (χ0v) is 16.4. The summed E-state index contributed by atoms with van der Waals surface area (Å²) in [4.78, 5) is 2.09. The van der Waals surface area contributed by atoms with Crippen molar-refractivity contribution in [2.24, 2.45) is 0 Å². The van der Waals surface area contributed by atoms with E-state index in [1.165, 1.54) is 12.1 Å². The molecule has 140 valence electrons. The van der Waals surface area contributed by atoms with Gasteiger partial charge in [-0.15, -0.1) is 0 Å². The lowest BCUT2D eigenvalue weighted by Crippen LogP contribution is -2.43. The van der Waals surface area contributed by atoms with Gasteiger partial charge in [-0.25, -0.2) is 13.1 Å². The minimum atomic E-state index is -3.89. The topological polar surface area (TPSA) is 58.6 Å². The second-order valence-corrected chi connectivity index (χ2v) is 8.51. The number of benzene rings is 2. The summed E-state index contributed by atoms with van der Waals surface area (Å²) < 4.78 is 34.1. The molecule has 1 aliphatic heterocycles. The van der Waals surface area contributed by atoms with E-state index >= 15 is 0 Å². The molecule has 26 heavy (non-hydrogen) atoms. The molecule has 0 bridgehead atoms. The SMILES string of the molecule is O=S(=O)(N[C@@H](CN1CCOCC1)c1ccccc1)c1c(Cl)cccc1Cl. The monoisotopic (exact) mass is 414 g/mol. The van der Waals surface area contributed by atoms with Gasteiger partial charge in [0.05, 0.1) is 29.3 Å². The first kappa shape index (κ1) is 19.6. The van der Waals surface area contributed by atoms with Gasteiger partial charge in [-0.1, -0.05) is 59.6 Å². The van der Waals surface area contributed by atoms with Gasteiger partial charge in [0.1, 0.15) is 4.90 Å². The van der Waals surface area contributed by atoms with Crippen molar-refractivity contribution < 1.29 is 13.2 Å². The Morgan fingerprint density at radius 3 is 2.23 bits per heavy atom. The van der Waals surface area contributed by atoms with E-state index in [1.807, 2.05) is 30.3 Å². The van der Waals surface area contributed by atoms with Crippen molar-refractivity contribution in [1.29, 1.82) is 0 Å². The summed E-state index contributed by atoms with van der Waals surface area (Å²) in [5, 5.41) is 0.200. The summed E-state index contributed by atoms with van der Waals surface area (Å²) in [5.41, 5.74) is 0.880. The van der Waals surface area contributed by atoms with Crippen LogP contribution in [0.25, 0.3) is 0 Å². The molecule has 0 amide bonds. The van der Waals surface area contributed by atoms with E-state index < -0.39 is 16.1 Å². The summed E-state index contributed by atoms with van der Waals surface area (Å²) in [7, 11) is -3.89. The summed E-state index contributed by atoms with van der Waals surface area (Å²) >= 11 is 12.2. The normalized spacial score (nSPS) is 17.2. The molecule has 2 aromatic rings. The van der Waals surface area contributed by atoms with Crippen LogP contribution in [0.1, 0.15) is 11.6 Å². The highest BCUT2D eigenvalue weighted by Crippen LogP contribution is 2.30. The summed E-state index contributed by atoms with van der Waals surface area (Å²) in [6, 6.07) is 13.7. The van der Waals surface area contributed by atoms with E-state index in [0.29, 0.717) is 19.8 Å². The largest absolute Gasteiger partial charge is 0.379 e. The third-order valence-corrected chi connectivity index (χ3v) is 6.66. The number of morpholine rings is 1. The van der Waals surface area contributed by atoms with Crippen LogP contribution >= 0.6 is 23.2 Å². The molecule has 2 aromatic carbocycles. The van der Waals surface area contributed by atoms with Gasteiger partial charge >= 0.3 is 0 Å². The fraction of sp³-hybridized carbons (Fsp3) is 0.333. The van der Waals surface area contributed by atoms with Gasteiger partial charge in [-0.2, -0.15) is 0 Å². The van der Waals surface area contributed by atoms with Crippen LogP contribution in [0.4, 0.5) is 0 Å². The average Bonchev–Trinajstić information content (AvgIpc) is 2.62. The Morgan fingerprint density at radius 2 is 1.62 bits per heavy atom. The number of ether oxygens (including phenoxy) is 1. The van der Waals surface area contributed by atoms with Crippen molar-refractivity contribution in [2.45, 2.75) is 10.9 Å². The standard InChI is InChI=1S/C18H20Cl2N2O3S/c19-15-7-4-8-16(20)18(15)26(23,24)21-17(14-5-2-1-3-6-14)13-22-9-11-25-12-10-22/h1-8,17,21H,9-13H2/t17-/m0/s1. The Bertz CT molecular complexity index is 821. The molecular weight excluding hydrogens is 395 g/mol. The van der Waals surface area contributed by atoms with Gasteiger partial charge in [0, 0.05) is 19.6 Å². The van der Waals surface area contributed by atoms with Crippen LogP contribution in [-0.2, 0) is 14.8 Å². The zero-order chi connectivity index (χ0) is 18.6. The number of hydrogen-bond acceptors (Lipinski definition) is 4. The van der Waals surface area contributed by atoms with Crippen molar-refractivity contribution in [1.82, 2.24) is 9.62 Å². The first-order valence-corrected chi connectivity index (χ1v) is 10.5. The molecule has 0 saturated carbocycles. The Balaban J connectivity index is 1.89. The molecule has 1 atom stereocenters. The maximum absolute atomic E-state index is 13.0. The van der Waals surface area contributed by atoms with Gasteiger partial charge in [0.15, 0.2) is 0 Å². The zero-order valence-electron chi connectivity index (χ0n) is 14.1. The number of nitrogens with one attached hydrogen (secondary N) is 1. The maximum atomic E-state index is 13.0. The second kappa shape index (κ2) is 8.69. The molecule has 0 unspecified atom stereocenters. The Morgan fingerprint density at radius 1 is 1.00 bits per heavy atom. The van der Waals surface area contributed by atoms with Crippen molar-refractivity contribution in [3.8, 4) is 0 Å². The number of sulfonamides is 1. The molecule has 1 N–H and O–H groups in total. The van der Waals surface area contributed by atoms with Crippen molar-refractivity contribution in [2.75, 3.05) is 32.8 Å². The molecule has 1 aliphatic rings. The van der Waals surface area contributed by atoms with Gasteiger partial charge in [0.25, 0.3) is 0 Å². The van der Waals surface area contributed by atoms with Crippen LogP contribution in [0.3, 0.4) is 0 Å². The summed E-state index contributed by atoms with van der Waals surface area (Å²) in [6.45, 7) is 3.35. The van der Waals surface area contributed by atoms with Crippen LogP contribution in [0, 0.1) is 0 Å². The predicted molar refractivity (Wildman–Crippen MR) is 103 cm³/mol. The first-order chi connectivity index (χ1) is 12.5. The predicted octanol–water partition coefficient (Wildman–Crippen LogP) is 3.35. The van der Waals surface area contributed by atoms with Crippen molar-refractivity contribution in [3.05, 3.63) is 64.1 Å². The van der Waals surface area contributed by atoms with Crippen LogP contribution in [-0.4, -0.2) is 46.2 Å². The van der Waals surface area contributed by atoms with E-state index in [9.17, 15) is 8.42 Å². The molecule has 5 nitrogen and oxygen atoms in total. The molecule has 0 spiro atoms. The minimum absolute atomic E-state index is 0.0914. The van der Waals surface area contributed by atoms with Crippen LogP contribution < -0.4 is 4.72 Å². The molecule has 0 radical (unpaired) electrons. The highest BCUT2D eigenvalue weighted by molar-refractivity contribution is 7.89. The van der Waals surface area contributed by atoms with Gasteiger partial charge < -0.3 is 4.74 Å². The Hall–Kier alpha value is -1.15.